The van der Waals surface area contributed by atoms with Gasteiger partial charge in [-0.25, -0.2) is 5.06 Å². The normalized spacial score (nSPS) is 14.2. The smallest absolute Gasteiger partial charge is 0.243 e. The zero-order valence-electron chi connectivity index (χ0n) is 16.8. The van der Waals surface area contributed by atoms with Gasteiger partial charge in [0.25, 0.3) is 0 Å². The fourth-order valence-electron chi connectivity index (χ4n) is 3.02. The van der Waals surface area contributed by atoms with Gasteiger partial charge in [-0.15, -0.1) is 0 Å². The van der Waals surface area contributed by atoms with Gasteiger partial charge in [-0.05, 0) is 36.6 Å². The minimum atomic E-state index is -3.02. The van der Waals surface area contributed by atoms with Crippen molar-refractivity contribution >= 4 is 36.5 Å². The van der Waals surface area contributed by atoms with Crippen LogP contribution in [-0.2, 0) is 25.3 Å². The third-order valence-corrected chi connectivity index (χ3v) is 7.67. The molecule has 2 aromatic rings. The molecule has 0 spiro atoms. The highest BCUT2D eigenvalue weighted by molar-refractivity contribution is 7.58. The molecule has 0 N–H and O–H groups in total. The molecule has 5 nitrogen and oxygen atoms in total. The molecule has 1 amide bonds. The molecule has 2 unspecified atom stereocenters. The number of hydrogen-bond acceptors (Lipinski definition) is 4. The molecule has 2 atom stereocenters. The van der Waals surface area contributed by atoms with Gasteiger partial charge < -0.3 is 4.52 Å². The SMILES string of the molecule is CCOP(C)(=O)C(CCN(OCc1ccccc1)C(C)=O)c1ccc(Cl)c(Cl)c1. The lowest BCUT2D eigenvalue weighted by Crippen LogP contribution is -2.30. The minimum absolute atomic E-state index is 0.226. The molecular formula is C21H26Cl2NO4P. The number of benzene rings is 2. The number of carbonyl (C=O) groups excluding carboxylic acids is 1. The number of rotatable bonds is 10. The van der Waals surface area contributed by atoms with E-state index in [1.807, 2.05) is 30.3 Å². The van der Waals surface area contributed by atoms with E-state index in [0.717, 1.165) is 11.1 Å². The molecule has 0 saturated heterocycles. The summed E-state index contributed by atoms with van der Waals surface area (Å²) in [4.78, 5) is 17.7. The lowest BCUT2D eigenvalue weighted by atomic mass is 10.1. The van der Waals surface area contributed by atoms with Gasteiger partial charge in [0.1, 0.15) is 6.61 Å². The lowest BCUT2D eigenvalue weighted by molar-refractivity contribution is -0.189. The van der Waals surface area contributed by atoms with Crippen molar-refractivity contribution in [2.75, 3.05) is 19.8 Å². The molecule has 2 aromatic carbocycles. The van der Waals surface area contributed by atoms with E-state index in [2.05, 4.69) is 0 Å². The largest absolute Gasteiger partial charge is 0.329 e. The van der Waals surface area contributed by atoms with Crippen molar-refractivity contribution in [3.63, 3.8) is 0 Å². The second kappa shape index (κ2) is 11.1. The van der Waals surface area contributed by atoms with Crippen molar-refractivity contribution in [2.24, 2.45) is 0 Å². The van der Waals surface area contributed by atoms with Gasteiger partial charge in [-0.1, -0.05) is 59.6 Å². The van der Waals surface area contributed by atoms with Crippen molar-refractivity contribution < 1.29 is 18.7 Å². The molecule has 0 aromatic heterocycles. The number of hydrogen-bond donors (Lipinski definition) is 0. The van der Waals surface area contributed by atoms with E-state index in [-0.39, 0.29) is 19.1 Å². The van der Waals surface area contributed by atoms with Crippen LogP contribution in [0.5, 0.6) is 0 Å². The first-order valence-corrected chi connectivity index (χ1v) is 12.3. The molecule has 0 fully saturated rings. The Morgan fingerprint density at radius 1 is 1.14 bits per heavy atom. The lowest BCUT2D eigenvalue weighted by Gasteiger charge is -2.28. The van der Waals surface area contributed by atoms with E-state index >= 15 is 0 Å². The Morgan fingerprint density at radius 2 is 1.83 bits per heavy atom. The monoisotopic (exact) mass is 457 g/mol. The number of amides is 1. The Labute approximate surface area is 182 Å². The van der Waals surface area contributed by atoms with Gasteiger partial charge in [0.05, 0.1) is 22.3 Å². The Bertz CT molecular complexity index is 863. The minimum Gasteiger partial charge on any atom is -0.329 e. The first-order chi connectivity index (χ1) is 13.7. The fourth-order valence-corrected chi connectivity index (χ4v) is 5.30. The molecular weight excluding hydrogens is 432 g/mol. The van der Waals surface area contributed by atoms with Crippen LogP contribution < -0.4 is 0 Å². The summed E-state index contributed by atoms with van der Waals surface area (Å²) >= 11 is 12.2. The molecule has 0 radical (unpaired) electrons. The van der Waals surface area contributed by atoms with Gasteiger partial charge in [-0.3, -0.25) is 14.2 Å². The van der Waals surface area contributed by atoms with E-state index in [0.29, 0.717) is 23.1 Å². The Kier molecular flexibility index (Phi) is 9.19. The predicted molar refractivity (Wildman–Crippen MR) is 118 cm³/mol. The van der Waals surface area contributed by atoms with Crippen molar-refractivity contribution in [3.05, 3.63) is 69.7 Å². The molecule has 2 rings (SSSR count). The molecule has 0 aliphatic rings. The maximum atomic E-state index is 13.2. The maximum Gasteiger partial charge on any atom is 0.243 e. The van der Waals surface area contributed by atoms with Crippen LogP contribution in [0.25, 0.3) is 0 Å². The average molecular weight is 458 g/mol. The summed E-state index contributed by atoms with van der Waals surface area (Å²) in [6.07, 6.45) is 0.389. The average Bonchev–Trinajstić information content (AvgIpc) is 2.67. The summed E-state index contributed by atoms with van der Waals surface area (Å²) in [6.45, 7) is 5.70. The molecule has 0 aliphatic carbocycles. The second-order valence-electron chi connectivity index (χ2n) is 6.68. The van der Waals surface area contributed by atoms with Gasteiger partial charge >= 0.3 is 0 Å². The van der Waals surface area contributed by atoms with Gasteiger partial charge in [0.15, 0.2) is 0 Å². The topological polar surface area (TPSA) is 55.8 Å². The Hall–Kier alpha value is -1.36. The zero-order chi connectivity index (χ0) is 21.4. The highest BCUT2D eigenvalue weighted by Crippen LogP contribution is 2.59. The standard InChI is InChI=1S/C21H26Cl2NO4P/c1-4-28-29(3,26)21(18-10-11-19(22)20(23)14-18)12-13-24(16(2)25)27-15-17-8-6-5-7-9-17/h5-11,14,21H,4,12-13,15H2,1-3H3. The van der Waals surface area contributed by atoms with Crippen LogP contribution in [0.1, 0.15) is 37.1 Å². The first-order valence-electron chi connectivity index (χ1n) is 9.36. The summed E-state index contributed by atoms with van der Waals surface area (Å²) in [5.41, 5.74) is 1.26. The third kappa shape index (κ3) is 7.13. The molecule has 158 valence electrons. The van der Waals surface area contributed by atoms with Gasteiger partial charge in [-0.2, -0.15) is 0 Å². The second-order valence-corrected chi connectivity index (χ2v) is 10.2. The van der Waals surface area contributed by atoms with E-state index < -0.39 is 13.0 Å². The Morgan fingerprint density at radius 3 is 2.41 bits per heavy atom. The van der Waals surface area contributed by atoms with Crippen LogP contribution in [0.15, 0.2) is 48.5 Å². The van der Waals surface area contributed by atoms with E-state index in [1.165, 1.54) is 12.0 Å². The van der Waals surface area contributed by atoms with Crippen LogP contribution in [0.3, 0.4) is 0 Å². The summed E-state index contributed by atoms with van der Waals surface area (Å²) in [6, 6.07) is 14.7. The highest BCUT2D eigenvalue weighted by Gasteiger charge is 2.31. The quantitative estimate of drug-likeness (QED) is 0.308. The van der Waals surface area contributed by atoms with Crippen LogP contribution in [0, 0.1) is 0 Å². The van der Waals surface area contributed by atoms with E-state index in [1.54, 1.807) is 31.8 Å². The first kappa shape index (κ1) is 23.9. The van der Waals surface area contributed by atoms with Crippen molar-refractivity contribution in [3.8, 4) is 0 Å². The summed E-state index contributed by atoms with van der Waals surface area (Å²) in [5.74, 6) is -0.226. The van der Waals surface area contributed by atoms with Crippen molar-refractivity contribution in [2.45, 2.75) is 32.5 Å². The van der Waals surface area contributed by atoms with Crippen LogP contribution in [-0.4, -0.2) is 30.8 Å². The fraction of sp³-hybridized carbons (Fsp3) is 0.381. The summed E-state index contributed by atoms with van der Waals surface area (Å²) < 4.78 is 18.8. The van der Waals surface area contributed by atoms with Crippen molar-refractivity contribution in [1.29, 1.82) is 0 Å². The predicted octanol–water partition coefficient (Wildman–Crippen LogP) is 6.35. The number of nitrogens with zero attached hydrogens (tertiary/aromatic N) is 1. The zero-order valence-corrected chi connectivity index (χ0v) is 19.2. The van der Waals surface area contributed by atoms with Gasteiger partial charge in [0, 0.05) is 20.1 Å². The Balaban J connectivity index is 2.16. The summed E-state index contributed by atoms with van der Waals surface area (Å²) in [7, 11) is -3.02. The molecule has 8 heteroatoms. The number of halogens is 2. The third-order valence-electron chi connectivity index (χ3n) is 4.47. The molecule has 0 aliphatic heterocycles. The maximum absolute atomic E-state index is 13.2. The summed E-state index contributed by atoms with van der Waals surface area (Å²) in [5, 5.41) is 2.10. The highest BCUT2D eigenvalue weighted by atomic mass is 35.5. The van der Waals surface area contributed by atoms with Crippen LogP contribution >= 0.6 is 30.6 Å². The van der Waals surface area contributed by atoms with Crippen LogP contribution in [0.4, 0.5) is 0 Å². The molecule has 0 bridgehead atoms. The molecule has 29 heavy (non-hydrogen) atoms. The van der Waals surface area contributed by atoms with E-state index in [9.17, 15) is 9.36 Å². The van der Waals surface area contributed by atoms with Gasteiger partial charge in [0.2, 0.25) is 13.3 Å². The van der Waals surface area contributed by atoms with Crippen LogP contribution in [0.2, 0.25) is 10.0 Å². The van der Waals surface area contributed by atoms with Crippen molar-refractivity contribution in [1.82, 2.24) is 5.06 Å². The molecule has 0 heterocycles. The number of hydroxylamine groups is 2. The number of carbonyl (C=O) groups is 1. The van der Waals surface area contributed by atoms with E-state index in [4.69, 9.17) is 32.6 Å². The molecule has 0 saturated carbocycles.